The summed E-state index contributed by atoms with van der Waals surface area (Å²) in [6.07, 6.45) is 1.74. The molecule has 0 saturated carbocycles. The first-order valence-corrected chi connectivity index (χ1v) is 4.99. The number of nitrogens with zero attached hydrogens (tertiary/aromatic N) is 3. The third kappa shape index (κ3) is 2.12. The number of hydrogen-bond acceptors (Lipinski definition) is 3. The molecule has 4 nitrogen and oxygen atoms in total. The molecule has 0 amide bonds. The van der Waals surface area contributed by atoms with E-state index in [2.05, 4.69) is 44.8 Å². The van der Waals surface area contributed by atoms with Crippen molar-refractivity contribution in [2.24, 2.45) is 11.1 Å². The van der Waals surface area contributed by atoms with E-state index >= 15 is 0 Å². The van der Waals surface area contributed by atoms with E-state index in [1.54, 1.807) is 6.33 Å². The van der Waals surface area contributed by atoms with Gasteiger partial charge in [-0.1, -0.05) is 20.8 Å². The topological polar surface area (TPSA) is 56.7 Å². The molecule has 1 aromatic heterocycles. The van der Waals surface area contributed by atoms with Gasteiger partial charge in [0.25, 0.3) is 0 Å². The molecule has 1 atom stereocenters. The Labute approximate surface area is 85.5 Å². The van der Waals surface area contributed by atoms with E-state index in [0.29, 0.717) is 6.04 Å². The number of rotatable bonds is 2. The van der Waals surface area contributed by atoms with Gasteiger partial charge >= 0.3 is 0 Å². The van der Waals surface area contributed by atoms with Crippen LogP contribution < -0.4 is 5.73 Å². The zero-order valence-corrected chi connectivity index (χ0v) is 9.65. The third-order valence-corrected chi connectivity index (χ3v) is 2.37. The van der Waals surface area contributed by atoms with Crippen molar-refractivity contribution in [1.29, 1.82) is 0 Å². The molecule has 0 bridgehead atoms. The van der Waals surface area contributed by atoms with E-state index in [4.69, 9.17) is 5.73 Å². The van der Waals surface area contributed by atoms with Crippen LogP contribution in [0.2, 0.25) is 0 Å². The molecule has 0 spiro atoms. The van der Waals surface area contributed by atoms with Crippen LogP contribution in [0.1, 0.15) is 52.5 Å². The van der Waals surface area contributed by atoms with Crippen LogP contribution in [0, 0.1) is 5.41 Å². The van der Waals surface area contributed by atoms with Crippen LogP contribution in [0.3, 0.4) is 0 Å². The maximum Gasteiger partial charge on any atom is 0.150 e. The highest BCUT2D eigenvalue weighted by Gasteiger charge is 2.27. The molecule has 14 heavy (non-hydrogen) atoms. The molecule has 4 heteroatoms. The van der Waals surface area contributed by atoms with Crippen LogP contribution in [-0.2, 0) is 0 Å². The van der Waals surface area contributed by atoms with Crippen molar-refractivity contribution in [2.75, 3.05) is 0 Å². The van der Waals surface area contributed by atoms with Gasteiger partial charge in [-0.25, -0.2) is 0 Å². The highest BCUT2D eigenvalue weighted by atomic mass is 15.3. The number of nitrogens with two attached hydrogens (primary N) is 1. The molecular weight excluding hydrogens is 176 g/mol. The molecule has 1 heterocycles. The molecule has 2 N–H and O–H groups in total. The molecule has 0 unspecified atom stereocenters. The second-order valence-corrected chi connectivity index (χ2v) is 5.03. The zero-order valence-electron chi connectivity index (χ0n) is 9.65. The van der Waals surface area contributed by atoms with Crippen LogP contribution in [0.4, 0.5) is 0 Å². The van der Waals surface area contributed by atoms with Gasteiger partial charge in [0.1, 0.15) is 6.33 Å². The van der Waals surface area contributed by atoms with Crippen LogP contribution in [0.5, 0.6) is 0 Å². The fourth-order valence-electron chi connectivity index (χ4n) is 1.26. The summed E-state index contributed by atoms with van der Waals surface area (Å²) in [7, 11) is 0. The van der Waals surface area contributed by atoms with E-state index in [1.807, 2.05) is 4.57 Å². The molecule has 0 fully saturated rings. The van der Waals surface area contributed by atoms with E-state index in [-0.39, 0.29) is 11.5 Å². The van der Waals surface area contributed by atoms with Gasteiger partial charge in [-0.05, 0) is 19.3 Å². The van der Waals surface area contributed by atoms with Crippen molar-refractivity contribution in [3.05, 3.63) is 12.2 Å². The molecule has 80 valence electrons. The number of aromatic nitrogens is 3. The van der Waals surface area contributed by atoms with Crippen molar-refractivity contribution >= 4 is 0 Å². The van der Waals surface area contributed by atoms with Crippen LogP contribution in [0.25, 0.3) is 0 Å². The molecule has 0 radical (unpaired) electrons. The highest BCUT2D eigenvalue weighted by molar-refractivity contribution is 5.00. The smallest absolute Gasteiger partial charge is 0.150 e. The van der Waals surface area contributed by atoms with Gasteiger partial charge in [-0.15, -0.1) is 10.2 Å². The fraction of sp³-hybridized carbons (Fsp3) is 0.800. The standard InChI is InChI=1S/C10H20N4/c1-7(2)14-6-12-13-9(14)8(11)10(3,4)5/h6-8H,11H2,1-5H3/t8-/m1/s1. The van der Waals surface area contributed by atoms with Gasteiger partial charge in [-0.2, -0.15) is 0 Å². The molecule has 1 aromatic rings. The predicted molar refractivity (Wildman–Crippen MR) is 56.8 cm³/mol. The van der Waals surface area contributed by atoms with Crippen LogP contribution >= 0.6 is 0 Å². The van der Waals surface area contributed by atoms with E-state index < -0.39 is 0 Å². The first-order valence-electron chi connectivity index (χ1n) is 4.99. The minimum absolute atomic E-state index is 0.0136. The Morgan fingerprint density at radius 2 is 1.93 bits per heavy atom. The maximum atomic E-state index is 6.13. The minimum atomic E-state index is -0.0765. The normalized spacial score (nSPS) is 14.8. The van der Waals surface area contributed by atoms with Crippen molar-refractivity contribution in [3.8, 4) is 0 Å². The van der Waals surface area contributed by atoms with E-state index in [1.165, 1.54) is 0 Å². The van der Waals surface area contributed by atoms with Crippen LogP contribution in [-0.4, -0.2) is 14.8 Å². The minimum Gasteiger partial charge on any atom is -0.321 e. The summed E-state index contributed by atoms with van der Waals surface area (Å²) < 4.78 is 2.02. The summed E-state index contributed by atoms with van der Waals surface area (Å²) in [5, 5.41) is 8.00. The summed E-state index contributed by atoms with van der Waals surface area (Å²) in [5.41, 5.74) is 6.15. The second-order valence-electron chi connectivity index (χ2n) is 5.03. The van der Waals surface area contributed by atoms with Crippen molar-refractivity contribution < 1.29 is 0 Å². The average molecular weight is 196 g/mol. The van der Waals surface area contributed by atoms with Crippen molar-refractivity contribution in [3.63, 3.8) is 0 Å². The Morgan fingerprint density at radius 3 is 2.36 bits per heavy atom. The summed E-state index contributed by atoms with van der Waals surface area (Å²) in [6, 6.07) is 0.279. The average Bonchev–Trinajstić information content (AvgIpc) is 2.48. The van der Waals surface area contributed by atoms with Gasteiger partial charge in [0, 0.05) is 6.04 Å². The van der Waals surface area contributed by atoms with Gasteiger partial charge in [0.2, 0.25) is 0 Å². The number of hydrogen-bond donors (Lipinski definition) is 1. The van der Waals surface area contributed by atoms with Gasteiger partial charge in [-0.3, -0.25) is 0 Å². The Bertz CT molecular complexity index is 295. The van der Waals surface area contributed by atoms with E-state index in [9.17, 15) is 0 Å². The maximum absolute atomic E-state index is 6.13. The van der Waals surface area contributed by atoms with E-state index in [0.717, 1.165) is 5.82 Å². The Kier molecular flexibility index (Phi) is 2.95. The Hall–Kier alpha value is -0.900. The second kappa shape index (κ2) is 3.69. The lowest BCUT2D eigenvalue weighted by Crippen LogP contribution is -2.29. The SMILES string of the molecule is CC(C)n1cnnc1[C@@H](N)C(C)(C)C. The Balaban J connectivity index is 3.01. The third-order valence-electron chi connectivity index (χ3n) is 2.37. The lowest BCUT2D eigenvalue weighted by molar-refractivity contribution is 0.303. The van der Waals surface area contributed by atoms with Crippen molar-refractivity contribution in [2.45, 2.75) is 46.7 Å². The fourth-order valence-corrected chi connectivity index (χ4v) is 1.26. The summed E-state index contributed by atoms with van der Waals surface area (Å²) in [6.45, 7) is 10.5. The van der Waals surface area contributed by atoms with Gasteiger partial charge in [0.15, 0.2) is 5.82 Å². The van der Waals surface area contributed by atoms with Crippen LogP contribution in [0.15, 0.2) is 6.33 Å². The first kappa shape index (κ1) is 11.2. The first-order chi connectivity index (χ1) is 6.34. The molecular formula is C10H20N4. The summed E-state index contributed by atoms with van der Waals surface area (Å²) >= 11 is 0. The summed E-state index contributed by atoms with van der Waals surface area (Å²) in [4.78, 5) is 0. The lowest BCUT2D eigenvalue weighted by atomic mass is 9.87. The van der Waals surface area contributed by atoms with Crippen molar-refractivity contribution in [1.82, 2.24) is 14.8 Å². The predicted octanol–water partition coefficient (Wildman–Crippen LogP) is 1.90. The largest absolute Gasteiger partial charge is 0.321 e. The van der Waals surface area contributed by atoms with Gasteiger partial charge in [0.05, 0.1) is 6.04 Å². The Morgan fingerprint density at radius 1 is 1.36 bits per heavy atom. The highest BCUT2D eigenvalue weighted by Crippen LogP contribution is 2.29. The molecule has 1 rings (SSSR count). The quantitative estimate of drug-likeness (QED) is 0.786. The molecule has 0 aliphatic heterocycles. The zero-order chi connectivity index (χ0) is 10.9. The molecule has 0 aliphatic carbocycles. The summed E-state index contributed by atoms with van der Waals surface area (Å²) in [5.74, 6) is 0.868. The molecule has 0 saturated heterocycles. The molecule has 0 aromatic carbocycles. The molecule has 0 aliphatic rings. The monoisotopic (exact) mass is 196 g/mol. The lowest BCUT2D eigenvalue weighted by Gasteiger charge is -2.27. The van der Waals surface area contributed by atoms with Gasteiger partial charge < -0.3 is 10.3 Å².